The Hall–Kier alpha value is -1.92. The smallest absolute Gasteiger partial charge is 0.237 e. The van der Waals surface area contributed by atoms with Gasteiger partial charge in [0.1, 0.15) is 0 Å². The quantitative estimate of drug-likeness (QED) is 0.767. The molecular formula is C20H30N4O2. The fourth-order valence-corrected chi connectivity index (χ4v) is 3.34. The monoisotopic (exact) mass is 358 g/mol. The average Bonchev–Trinajstić information content (AvgIpc) is 3.46. The zero-order valence-electron chi connectivity index (χ0n) is 15.8. The van der Waals surface area contributed by atoms with Gasteiger partial charge in [-0.3, -0.25) is 19.4 Å². The summed E-state index contributed by atoms with van der Waals surface area (Å²) in [6.45, 7) is 7.66. The van der Waals surface area contributed by atoms with Crippen LogP contribution in [-0.4, -0.2) is 66.4 Å². The maximum Gasteiger partial charge on any atom is 0.237 e. The lowest BCUT2D eigenvalue weighted by atomic mass is 10.1. The van der Waals surface area contributed by atoms with Gasteiger partial charge in [0, 0.05) is 32.2 Å². The van der Waals surface area contributed by atoms with Gasteiger partial charge in [-0.2, -0.15) is 0 Å². The first-order chi connectivity index (χ1) is 12.5. The SMILES string of the molecule is CC(NC(=O)CN1CCN(C(C)C(=O)NC2CC2)CC1)c1ccccc1. The molecule has 0 spiro atoms. The van der Waals surface area contributed by atoms with Crippen molar-refractivity contribution in [1.29, 1.82) is 0 Å². The number of carbonyl (C=O) groups is 2. The molecule has 0 aromatic heterocycles. The van der Waals surface area contributed by atoms with Crippen molar-refractivity contribution in [2.24, 2.45) is 0 Å². The predicted molar refractivity (Wildman–Crippen MR) is 102 cm³/mol. The summed E-state index contributed by atoms with van der Waals surface area (Å²) in [4.78, 5) is 28.9. The second-order valence-corrected chi connectivity index (χ2v) is 7.47. The molecule has 6 heteroatoms. The Labute approximate surface area is 155 Å². The zero-order valence-corrected chi connectivity index (χ0v) is 15.8. The minimum absolute atomic E-state index is 0.0103. The summed E-state index contributed by atoms with van der Waals surface area (Å²) in [5.41, 5.74) is 1.11. The van der Waals surface area contributed by atoms with Gasteiger partial charge in [-0.1, -0.05) is 30.3 Å². The average molecular weight is 358 g/mol. The Morgan fingerprint density at radius 1 is 1.08 bits per heavy atom. The van der Waals surface area contributed by atoms with E-state index < -0.39 is 0 Å². The predicted octanol–water partition coefficient (Wildman–Crippen LogP) is 1.15. The molecule has 1 heterocycles. The molecule has 3 rings (SSSR count). The van der Waals surface area contributed by atoms with E-state index in [-0.39, 0.29) is 23.9 Å². The normalized spacial score (nSPS) is 21.0. The Morgan fingerprint density at radius 3 is 2.35 bits per heavy atom. The van der Waals surface area contributed by atoms with E-state index in [0.29, 0.717) is 12.6 Å². The van der Waals surface area contributed by atoms with E-state index in [2.05, 4.69) is 20.4 Å². The molecule has 142 valence electrons. The van der Waals surface area contributed by atoms with Crippen LogP contribution < -0.4 is 10.6 Å². The Morgan fingerprint density at radius 2 is 1.73 bits per heavy atom. The molecule has 2 fully saturated rings. The molecule has 0 radical (unpaired) electrons. The van der Waals surface area contributed by atoms with Gasteiger partial charge in [0.05, 0.1) is 18.6 Å². The highest BCUT2D eigenvalue weighted by Gasteiger charge is 2.30. The molecule has 2 N–H and O–H groups in total. The summed E-state index contributed by atoms with van der Waals surface area (Å²) < 4.78 is 0. The molecule has 2 amide bonds. The maximum atomic E-state index is 12.3. The summed E-state index contributed by atoms with van der Waals surface area (Å²) in [6.07, 6.45) is 2.23. The van der Waals surface area contributed by atoms with Crippen molar-refractivity contribution < 1.29 is 9.59 Å². The molecular weight excluding hydrogens is 328 g/mol. The van der Waals surface area contributed by atoms with Crippen molar-refractivity contribution in [3.63, 3.8) is 0 Å². The largest absolute Gasteiger partial charge is 0.352 e. The van der Waals surface area contributed by atoms with Crippen LogP contribution in [0.4, 0.5) is 0 Å². The van der Waals surface area contributed by atoms with Gasteiger partial charge in [0.15, 0.2) is 0 Å². The fraction of sp³-hybridized carbons (Fsp3) is 0.600. The Kier molecular flexibility index (Phi) is 6.27. The highest BCUT2D eigenvalue weighted by Crippen LogP contribution is 2.19. The molecule has 1 aliphatic heterocycles. The first kappa shape index (κ1) is 18.9. The van der Waals surface area contributed by atoms with E-state index in [1.807, 2.05) is 44.2 Å². The van der Waals surface area contributed by atoms with Crippen LogP contribution in [0.2, 0.25) is 0 Å². The number of nitrogens with zero attached hydrogens (tertiary/aromatic N) is 2. The molecule has 1 saturated carbocycles. The molecule has 2 atom stereocenters. The number of hydrogen-bond acceptors (Lipinski definition) is 4. The summed E-state index contributed by atoms with van der Waals surface area (Å²) in [7, 11) is 0. The van der Waals surface area contributed by atoms with Crippen LogP contribution in [0.15, 0.2) is 30.3 Å². The van der Waals surface area contributed by atoms with Gasteiger partial charge in [0.25, 0.3) is 0 Å². The minimum Gasteiger partial charge on any atom is -0.352 e. The van der Waals surface area contributed by atoms with E-state index in [0.717, 1.165) is 44.6 Å². The highest BCUT2D eigenvalue weighted by atomic mass is 16.2. The van der Waals surface area contributed by atoms with Crippen molar-refractivity contribution in [2.75, 3.05) is 32.7 Å². The van der Waals surface area contributed by atoms with E-state index >= 15 is 0 Å². The first-order valence-electron chi connectivity index (χ1n) is 9.64. The van der Waals surface area contributed by atoms with Crippen molar-refractivity contribution in [1.82, 2.24) is 20.4 Å². The van der Waals surface area contributed by atoms with Gasteiger partial charge in [-0.15, -0.1) is 0 Å². The van der Waals surface area contributed by atoms with Crippen LogP contribution in [-0.2, 0) is 9.59 Å². The second-order valence-electron chi connectivity index (χ2n) is 7.47. The van der Waals surface area contributed by atoms with Gasteiger partial charge in [-0.05, 0) is 32.3 Å². The number of rotatable bonds is 7. The third kappa shape index (κ3) is 5.29. The fourth-order valence-electron chi connectivity index (χ4n) is 3.34. The van der Waals surface area contributed by atoms with Gasteiger partial charge in [0.2, 0.25) is 11.8 Å². The van der Waals surface area contributed by atoms with Gasteiger partial charge < -0.3 is 10.6 Å². The number of carbonyl (C=O) groups excluding carboxylic acids is 2. The maximum absolute atomic E-state index is 12.3. The molecule has 1 aromatic carbocycles. The number of nitrogens with one attached hydrogen (secondary N) is 2. The Bertz CT molecular complexity index is 609. The van der Waals surface area contributed by atoms with Crippen LogP contribution in [0.5, 0.6) is 0 Å². The Balaban J connectivity index is 1.39. The third-order valence-corrected chi connectivity index (χ3v) is 5.30. The van der Waals surface area contributed by atoms with Crippen molar-refractivity contribution in [2.45, 2.75) is 44.8 Å². The van der Waals surface area contributed by atoms with E-state index in [9.17, 15) is 9.59 Å². The summed E-state index contributed by atoms with van der Waals surface area (Å²) in [5.74, 6) is 0.185. The molecule has 26 heavy (non-hydrogen) atoms. The number of amides is 2. The second kappa shape index (κ2) is 8.64. The zero-order chi connectivity index (χ0) is 18.5. The third-order valence-electron chi connectivity index (χ3n) is 5.30. The first-order valence-corrected chi connectivity index (χ1v) is 9.64. The van der Waals surface area contributed by atoms with Crippen molar-refractivity contribution in [3.8, 4) is 0 Å². The van der Waals surface area contributed by atoms with Crippen molar-refractivity contribution in [3.05, 3.63) is 35.9 Å². The van der Waals surface area contributed by atoms with Gasteiger partial charge in [-0.25, -0.2) is 0 Å². The number of hydrogen-bond donors (Lipinski definition) is 2. The molecule has 6 nitrogen and oxygen atoms in total. The van der Waals surface area contributed by atoms with Crippen LogP contribution in [0.1, 0.15) is 38.3 Å². The van der Waals surface area contributed by atoms with Crippen LogP contribution in [0.25, 0.3) is 0 Å². The van der Waals surface area contributed by atoms with E-state index in [1.54, 1.807) is 0 Å². The summed E-state index contributed by atoms with van der Waals surface area (Å²) in [5, 5.41) is 6.14. The molecule has 0 bridgehead atoms. The summed E-state index contributed by atoms with van der Waals surface area (Å²) >= 11 is 0. The topological polar surface area (TPSA) is 64.7 Å². The molecule has 1 aromatic rings. The van der Waals surface area contributed by atoms with Crippen LogP contribution >= 0.6 is 0 Å². The van der Waals surface area contributed by atoms with Crippen LogP contribution in [0.3, 0.4) is 0 Å². The molecule has 1 aliphatic carbocycles. The lowest BCUT2D eigenvalue weighted by Crippen LogP contribution is -2.55. The summed E-state index contributed by atoms with van der Waals surface area (Å²) in [6, 6.07) is 10.3. The van der Waals surface area contributed by atoms with E-state index in [4.69, 9.17) is 0 Å². The highest BCUT2D eigenvalue weighted by molar-refractivity contribution is 5.82. The standard InChI is InChI=1S/C20H30N4O2/c1-15(17-6-4-3-5-7-17)21-19(25)14-23-10-12-24(13-11-23)16(2)20(26)22-18-8-9-18/h3-7,15-16,18H,8-14H2,1-2H3,(H,21,25)(H,22,26). The van der Waals surface area contributed by atoms with Crippen molar-refractivity contribution >= 4 is 11.8 Å². The molecule has 2 aliphatic rings. The number of piperazine rings is 1. The lowest BCUT2D eigenvalue weighted by Gasteiger charge is -2.37. The van der Waals surface area contributed by atoms with E-state index in [1.165, 1.54) is 0 Å². The lowest BCUT2D eigenvalue weighted by molar-refractivity contribution is -0.128. The van der Waals surface area contributed by atoms with Crippen LogP contribution in [0, 0.1) is 0 Å². The van der Waals surface area contributed by atoms with Gasteiger partial charge >= 0.3 is 0 Å². The minimum atomic E-state index is -0.0929. The molecule has 1 saturated heterocycles. The number of benzene rings is 1. The molecule has 2 unspecified atom stereocenters.